The van der Waals surface area contributed by atoms with E-state index in [4.69, 9.17) is 0 Å². The van der Waals surface area contributed by atoms with Crippen LogP contribution in [0.25, 0.3) is 0 Å². The average molecular weight is 434 g/mol. The summed E-state index contributed by atoms with van der Waals surface area (Å²) in [7, 11) is 0. The Morgan fingerprint density at radius 3 is 3.05 bits per heavy atom. The molecule has 0 atom stereocenters. The molecule has 0 bridgehead atoms. The molecule has 0 radical (unpaired) electrons. The second-order valence-corrected chi connectivity index (χ2v) is 6.11. The Kier molecular flexibility index (Phi) is 5.38. The molecule has 0 fully saturated rings. The summed E-state index contributed by atoms with van der Waals surface area (Å²) in [6.07, 6.45) is 6.33. The largest absolute Gasteiger partial charge is 0.352 e. The number of carbonyl (C=O) groups excluding carboxylic acids is 1. The summed E-state index contributed by atoms with van der Waals surface area (Å²) in [5, 5.41) is 2.93. The average Bonchev–Trinajstić information content (AvgIpc) is 2.90. The lowest BCUT2D eigenvalue weighted by molar-refractivity contribution is 0.0952. The smallest absolute Gasteiger partial charge is 0.252 e. The Morgan fingerprint density at radius 1 is 1.47 bits per heavy atom. The van der Waals surface area contributed by atoms with Gasteiger partial charge in [-0.15, -0.1) is 0 Å². The molecule has 19 heavy (non-hydrogen) atoms. The maximum Gasteiger partial charge on any atom is 0.252 e. The van der Waals surface area contributed by atoms with Crippen molar-refractivity contribution in [3.8, 4) is 0 Å². The molecule has 0 aliphatic heterocycles. The van der Waals surface area contributed by atoms with E-state index < -0.39 is 0 Å². The van der Waals surface area contributed by atoms with Gasteiger partial charge in [0.15, 0.2) is 0 Å². The molecule has 0 saturated heterocycles. The number of benzene rings is 1. The Bertz CT molecular complexity index is 557. The fourth-order valence-corrected chi connectivity index (χ4v) is 2.59. The highest BCUT2D eigenvalue weighted by atomic mass is 127. The molecule has 1 amide bonds. The lowest BCUT2D eigenvalue weighted by atomic mass is 10.2. The van der Waals surface area contributed by atoms with Crippen molar-refractivity contribution in [3.05, 3.63) is 50.5 Å². The molecule has 2 aromatic rings. The lowest BCUT2D eigenvalue weighted by Gasteiger charge is -2.07. The van der Waals surface area contributed by atoms with Crippen LogP contribution in [0.2, 0.25) is 0 Å². The first-order valence-electron chi connectivity index (χ1n) is 5.86. The van der Waals surface area contributed by atoms with Crippen molar-refractivity contribution in [2.45, 2.75) is 13.0 Å². The maximum atomic E-state index is 12.0. The topological polar surface area (TPSA) is 46.9 Å². The molecule has 0 spiro atoms. The van der Waals surface area contributed by atoms with Crippen LogP contribution in [0.15, 0.2) is 41.4 Å². The minimum absolute atomic E-state index is 0.0312. The molecule has 1 aromatic carbocycles. The SMILES string of the molecule is O=C(NCCCn1ccnc1)c1cc(Br)ccc1I. The minimum atomic E-state index is -0.0312. The Hall–Kier alpha value is -0.890. The van der Waals surface area contributed by atoms with Gasteiger partial charge in [-0.05, 0) is 47.2 Å². The summed E-state index contributed by atoms with van der Waals surface area (Å²) >= 11 is 5.55. The number of nitrogens with one attached hydrogen (secondary N) is 1. The summed E-state index contributed by atoms with van der Waals surface area (Å²) in [5.41, 5.74) is 0.706. The second-order valence-electron chi connectivity index (χ2n) is 4.03. The molecule has 100 valence electrons. The van der Waals surface area contributed by atoms with Crippen molar-refractivity contribution in [1.29, 1.82) is 0 Å². The van der Waals surface area contributed by atoms with Gasteiger partial charge < -0.3 is 9.88 Å². The van der Waals surface area contributed by atoms with Crippen LogP contribution in [-0.4, -0.2) is 22.0 Å². The first kappa shape index (κ1) is 14.5. The highest BCUT2D eigenvalue weighted by molar-refractivity contribution is 14.1. The van der Waals surface area contributed by atoms with Crippen molar-refractivity contribution in [1.82, 2.24) is 14.9 Å². The molecule has 1 N–H and O–H groups in total. The Balaban J connectivity index is 1.82. The van der Waals surface area contributed by atoms with Crippen LogP contribution >= 0.6 is 38.5 Å². The molecule has 0 unspecified atom stereocenters. The summed E-state index contributed by atoms with van der Waals surface area (Å²) in [5.74, 6) is -0.0312. The number of rotatable bonds is 5. The zero-order valence-electron chi connectivity index (χ0n) is 10.1. The molecule has 1 heterocycles. The second kappa shape index (κ2) is 7.04. The summed E-state index contributed by atoms with van der Waals surface area (Å²) in [6, 6.07) is 5.69. The van der Waals surface area contributed by atoms with E-state index in [1.165, 1.54) is 0 Å². The van der Waals surface area contributed by atoms with E-state index in [0.717, 1.165) is 21.0 Å². The fourth-order valence-electron chi connectivity index (χ4n) is 1.65. The van der Waals surface area contributed by atoms with Crippen LogP contribution in [0.4, 0.5) is 0 Å². The van der Waals surface area contributed by atoms with E-state index >= 15 is 0 Å². The Morgan fingerprint density at radius 2 is 2.32 bits per heavy atom. The summed E-state index contributed by atoms with van der Waals surface area (Å²) in [6.45, 7) is 1.51. The van der Waals surface area contributed by atoms with Crippen molar-refractivity contribution in [3.63, 3.8) is 0 Å². The predicted molar refractivity (Wildman–Crippen MR) is 86.0 cm³/mol. The number of halogens is 2. The Labute approximate surface area is 133 Å². The van der Waals surface area contributed by atoms with Crippen molar-refractivity contribution in [2.75, 3.05) is 6.54 Å². The number of hydrogen-bond donors (Lipinski definition) is 1. The maximum absolute atomic E-state index is 12.0. The van der Waals surface area contributed by atoms with E-state index in [9.17, 15) is 4.79 Å². The highest BCUT2D eigenvalue weighted by Gasteiger charge is 2.09. The molecular weight excluding hydrogens is 421 g/mol. The van der Waals surface area contributed by atoms with E-state index in [-0.39, 0.29) is 5.91 Å². The summed E-state index contributed by atoms with van der Waals surface area (Å²) < 4.78 is 3.86. The van der Waals surface area contributed by atoms with Crippen LogP contribution in [-0.2, 0) is 6.54 Å². The van der Waals surface area contributed by atoms with Crippen LogP contribution in [0, 0.1) is 3.57 Å². The third-order valence-corrected chi connectivity index (χ3v) is 4.04. The number of imidazole rings is 1. The van der Waals surface area contributed by atoms with Gasteiger partial charge in [-0.1, -0.05) is 15.9 Å². The van der Waals surface area contributed by atoms with Crippen LogP contribution < -0.4 is 5.32 Å². The zero-order chi connectivity index (χ0) is 13.7. The molecule has 6 heteroatoms. The minimum Gasteiger partial charge on any atom is -0.352 e. The zero-order valence-corrected chi connectivity index (χ0v) is 13.9. The third kappa shape index (κ3) is 4.31. The molecule has 4 nitrogen and oxygen atoms in total. The number of hydrogen-bond acceptors (Lipinski definition) is 2. The molecule has 2 rings (SSSR count). The van der Waals surface area contributed by atoms with Crippen molar-refractivity contribution in [2.24, 2.45) is 0 Å². The van der Waals surface area contributed by atoms with E-state index in [2.05, 4.69) is 48.8 Å². The van der Waals surface area contributed by atoms with Gasteiger partial charge in [0, 0.05) is 33.5 Å². The molecule has 1 aromatic heterocycles. The van der Waals surface area contributed by atoms with Gasteiger partial charge in [0.1, 0.15) is 0 Å². The number of nitrogens with zero attached hydrogens (tertiary/aromatic N) is 2. The molecule has 0 aliphatic rings. The van der Waals surface area contributed by atoms with Gasteiger partial charge in [0.05, 0.1) is 11.9 Å². The van der Waals surface area contributed by atoms with Gasteiger partial charge in [0.25, 0.3) is 5.91 Å². The van der Waals surface area contributed by atoms with Gasteiger partial charge in [-0.25, -0.2) is 4.98 Å². The van der Waals surface area contributed by atoms with E-state index in [1.807, 2.05) is 29.0 Å². The van der Waals surface area contributed by atoms with E-state index in [0.29, 0.717) is 12.1 Å². The molecular formula is C13H13BrIN3O. The number of aryl methyl sites for hydroxylation is 1. The van der Waals surface area contributed by atoms with Crippen LogP contribution in [0.5, 0.6) is 0 Å². The van der Waals surface area contributed by atoms with Gasteiger partial charge in [0.2, 0.25) is 0 Å². The molecule has 0 saturated carbocycles. The highest BCUT2D eigenvalue weighted by Crippen LogP contribution is 2.18. The van der Waals surface area contributed by atoms with Crippen LogP contribution in [0.1, 0.15) is 16.8 Å². The standard InChI is InChI=1S/C13H13BrIN3O/c14-10-2-3-12(15)11(8-10)13(19)17-4-1-6-18-7-5-16-9-18/h2-3,5,7-9H,1,4,6H2,(H,17,19). The number of aromatic nitrogens is 2. The van der Waals surface area contributed by atoms with E-state index in [1.54, 1.807) is 12.5 Å². The first-order valence-corrected chi connectivity index (χ1v) is 7.73. The van der Waals surface area contributed by atoms with Crippen LogP contribution in [0.3, 0.4) is 0 Å². The first-order chi connectivity index (χ1) is 9.16. The van der Waals surface area contributed by atoms with Crippen molar-refractivity contribution < 1.29 is 4.79 Å². The van der Waals surface area contributed by atoms with Gasteiger partial charge >= 0.3 is 0 Å². The number of amides is 1. The quantitative estimate of drug-likeness (QED) is 0.581. The van der Waals surface area contributed by atoms with Gasteiger partial charge in [-0.2, -0.15) is 0 Å². The molecule has 0 aliphatic carbocycles. The number of carbonyl (C=O) groups is 1. The fraction of sp³-hybridized carbons (Fsp3) is 0.231. The normalized spacial score (nSPS) is 10.4. The van der Waals surface area contributed by atoms with Gasteiger partial charge in [-0.3, -0.25) is 4.79 Å². The monoisotopic (exact) mass is 433 g/mol. The third-order valence-electron chi connectivity index (χ3n) is 2.61. The van der Waals surface area contributed by atoms with Crippen molar-refractivity contribution >= 4 is 44.4 Å². The predicted octanol–water partition coefficient (Wildman–Crippen LogP) is 3.07. The lowest BCUT2D eigenvalue weighted by Crippen LogP contribution is -2.26. The summed E-state index contributed by atoms with van der Waals surface area (Å²) in [4.78, 5) is 16.0.